The van der Waals surface area contributed by atoms with Crippen molar-refractivity contribution in [2.75, 3.05) is 7.11 Å². The summed E-state index contributed by atoms with van der Waals surface area (Å²) in [5.74, 6) is 0.841. The molecular formula is C9H11NO. The van der Waals surface area contributed by atoms with Crippen molar-refractivity contribution in [3.05, 3.63) is 24.3 Å². The average molecular weight is 149 g/mol. The molecule has 58 valence electrons. The quantitative estimate of drug-likeness (QED) is 0.592. The van der Waals surface area contributed by atoms with Gasteiger partial charge in [0.25, 0.3) is 0 Å². The van der Waals surface area contributed by atoms with Gasteiger partial charge in [0.05, 0.1) is 12.8 Å². The summed E-state index contributed by atoms with van der Waals surface area (Å²) in [6, 6.07) is 7.64. The normalized spacial score (nSPS) is 10.4. The van der Waals surface area contributed by atoms with Gasteiger partial charge in [-0.15, -0.1) is 0 Å². The highest BCUT2D eigenvalue weighted by molar-refractivity contribution is 5.61. The van der Waals surface area contributed by atoms with E-state index in [0.717, 1.165) is 11.4 Å². The van der Waals surface area contributed by atoms with Crippen molar-refractivity contribution in [3.8, 4) is 5.75 Å². The Morgan fingerprint density at radius 1 is 1.45 bits per heavy atom. The van der Waals surface area contributed by atoms with Crippen LogP contribution in [-0.2, 0) is 0 Å². The van der Waals surface area contributed by atoms with Crippen molar-refractivity contribution < 1.29 is 4.74 Å². The molecule has 0 aliphatic heterocycles. The van der Waals surface area contributed by atoms with Crippen LogP contribution in [0, 0.1) is 0 Å². The van der Waals surface area contributed by atoms with Crippen molar-refractivity contribution in [1.29, 1.82) is 0 Å². The SMILES string of the molecule is CC=Nc1cccc(OC)c1. The van der Waals surface area contributed by atoms with Crippen LogP contribution >= 0.6 is 0 Å². The molecule has 0 bridgehead atoms. The Balaban J connectivity index is 2.91. The van der Waals surface area contributed by atoms with Gasteiger partial charge in [0.2, 0.25) is 0 Å². The molecule has 2 nitrogen and oxygen atoms in total. The van der Waals surface area contributed by atoms with E-state index in [1.807, 2.05) is 31.2 Å². The van der Waals surface area contributed by atoms with Gasteiger partial charge in [-0.3, -0.25) is 4.99 Å². The number of ether oxygens (including phenoxy) is 1. The molecule has 0 aliphatic carbocycles. The van der Waals surface area contributed by atoms with E-state index in [1.54, 1.807) is 13.3 Å². The van der Waals surface area contributed by atoms with Crippen LogP contribution in [0.1, 0.15) is 6.92 Å². The molecule has 1 aromatic carbocycles. The largest absolute Gasteiger partial charge is 0.497 e. The predicted octanol–water partition coefficient (Wildman–Crippen LogP) is 2.42. The van der Waals surface area contributed by atoms with E-state index in [0.29, 0.717) is 0 Å². The second-order valence-corrected chi connectivity index (χ2v) is 2.09. The summed E-state index contributed by atoms with van der Waals surface area (Å²) in [7, 11) is 1.65. The summed E-state index contributed by atoms with van der Waals surface area (Å²) in [5, 5.41) is 0. The molecule has 0 amide bonds. The fraction of sp³-hybridized carbons (Fsp3) is 0.222. The number of aliphatic imine (C=N–C) groups is 1. The van der Waals surface area contributed by atoms with Gasteiger partial charge in [-0.1, -0.05) is 6.07 Å². The van der Waals surface area contributed by atoms with E-state index in [-0.39, 0.29) is 0 Å². The monoisotopic (exact) mass is 149 g/mol. The number of nitrogens with zero attached hydrogens (tertiary/aromatic N) is 1. The van der Waals surface area contributed by atoms with Gasteiger partial charge in [0.15, 0.2) is 0 Å². The molecule has 0 fully saturated rings. The highest BCUT2D eigenvalue weighted by atomic mass is 16.5. The Kier molecular flexibility index (Phi) is 2.66. The van der Waals surface area contributed by atoms with Gasteiger partial charge < -0.3 is 4.74 Å². The molecular weight excluding hydrogens is 138 g/mol. The van der Waals surface area contributed by atoms with E-state index < -0.39 is 0 Å². The molecule has 0 saturated heterocycles. The summed E-state index contributed by atoms with van der Waals surface area (Å²) in [4.78, 5) is 4.11. The average Bonchev–Trinajstić information content (AvgIpc) is 2.06. The van der Waals surface area contributed by atoms with Gasteiger partial charge in [-0.25, -0.2) is 0 Å². The van der Waals surface area contributed by atoms with Gasteiger partial charge >= 0.3 is 0 Å². The Bertz CT molecular complexity index is 255. The maximum atomic E-state index is 5.03. The van der Waals surface area contributed by atoms with Crippen LogP contribution in [0.5, 0.6) is 5.75 Å². The minimum Gasteiger partial charge on any atom is -0.497 e. The van der Waals surface area contributed by atoms with Crippen LogP contribution in [0.3, 0.4) is 0 Å². The summed E-state index contributed by atoms with van der Waals surface area (Å²) < 4.78 is 5.03. The molecule has 1 aromatic rings. The number of hydrogen-bond donors (Lipinski definition) is 0. The van der Waals surface area contributed by atoms with Crippen LogP contribution in [0.4, 0.5) is 5.69 Å². The minimum absolute atomic E-state index is 0.841. The Hall–Kier alpha value is -1.31. The van der Waals surface area contributed by atoms with Gasteiger partial charge in [0, 0.05) is 12.3 Å². The minimum atomic E-state index is 0.841. The number of rotatable bonds is 2. The van der Waals surface area contributed by atoms with Crippen molar-refractivity contribution in [1.82, 2.24) is 0 Å². The number of methoxy groups -OCH3 is 1. The van der Waals surface area contributed by atoms with E-state index >= 15 is 0 Å². The lowest BCUT2D eigenvalue weighted by molar-refractivity contribution is 0.415. The fourth-order valence-corrected chi connectivity index (χ4v) is 0.840. The Labute approximate surface area is 66.5 Å². The van der Waals surface area contributed by atoms with Crippen LogP contribution in [0.2, 0.25) is 0 Å². The molecule has 0 aromatic heterocycles. The molecule has 0 radical (unpaired) electrons. The van der Waals surface area contributed by atoms with Crippen LogP contribution < -0.4 is 4.74 Å². The van der Waals surface area contributed by atoms with Crippen molar-refractivity contribution in [2.24, 2.45) is 4.99 Å². The van der Waals surface area contributed by atoms with E-state index in [2.05, 4.69) is 4.99 Å². The lowest BCUT2D eigenvalue weighted by Gasteiger charge is -1.98. The maximum absolute atomic E-state index is 5.03. The van der Waals surface area contributed by atoms with Crippen molar-refractivity contribution in [2.45, 2.75) is 6.92 Å². The third-order valence-electron chi connectivity index (χ3n) is 1.33. The Morgan fingerprint density at radius 3 is 2.91 bits per heavy atom. The fourth-order valence-electron chi connectivity index (χ4n) is 0.840. The van der Waals surface area contributed by atoms with E-state index in [1.165, 1.54) is 0 Å². The summed E-state index contributed by atoms with van der Waals surface area (Å²) in [6.07, 6.45) is 1.76. The Morgan fingerprint density at radius 2 is 2.27 bits per heavy atom. The van der Waals surface area contributed by atoms with E-state index in [4.69, 9.17) is 4.74 Å². The first-order chi connectivity index (χ1) is 5.36. The number of hydrogen-bond acceptors (Lipinski definition) is 2. The second-order valence-electron chi connectivity index (χ2n) is 2.09. The first kappa shape index (κ1) is 7.79. The van der Waals surface area contributed by atoms with Gasteiger partial charge in [0.1, 0.15) is 5.75 Å². The van der Waals surface area contributed by atoms with Crippen molar-refractivity contribution >= 4 is 11.9 Å². The molecule has 1 rings (SSSR count). The molecule has 0 N–H and O–H groups in total. The van der Waals surface area contributed by atoms with Gasteiger partial charge in [-0.2, -0.15) is 0 Å². The smallest absolute Gasteiger partial charge is 0.121 e. The molecule has 2 heteroatoms. The highest BCUT2D eigenvalue weighted by Gasteiger charge is 1.90. The lowest BCUT2D eigenvalue weighted by atomic mass is 10.3. The van der Waals surface area contributed by atoms with Crippen LogP contribution in [0.25, 0.3) is 0 Å². The third-order valence-corrected chi connectivity index (χ3v) is 1.33. The van der Waals surface area contributed by atoms with E-state index in [9.17, 15) is 0 Å². The zero-order valence-corrected chi connectivity index (χ0v) is 6.74. The zero-order chi connectivity index (χ0) is 8.10. The highest BCUT2D eigenvalue weighted by Crippen LogP contribution is 2.18. The second kappa shape index (κ2) is 3.76. The standard InChI is InChI=1S/C9H11NO/c1-3-10-8-5-4-6-9(7-8)11-2/h3-7H,1-2H3. The molecule has 0 atom stereocenters. The molecule has 0 heterocycles. The number of benzene rings is 1. The zero-order valence-electron chi connectivity index (χ0n) is 6.74. The lowest BCUT2D eigenvalue weighted by Crippen LogP contribution is -1.80. The van der Waals surface area contributed by atoms with Gasteiger partial charge in [-0.05, 0) is 19.1 Å². The third kappa shape index (κ3) is 2.08. The van der Waals surface area contributed by atoms with Crippen LogP contribution in [0.15, 0.2) is 29.3 Å². The molecule has 0 saturated carbocycles. The topological polar surface area (TPSA) is 21.6 Å². The van der Waals surface area contributed by atoms with Crippen molar-refractivity contribution in [3.63, 3.8) is 0 Å². The molecule has 0 spiro atoms. The molecule has 0 unspecified atom stereocenters. The summed E-state index contributed by atoms with van der Waals surface area (Å²) >= 11 is 0. The summed E-state index contributed by atoms with van der Waals surface area (Å²) in [6.45, 7) is 1.89. The molecule has 0 aliphatic rings. The molecule has 11 heavy (non-hydrogen) atoms. The summed E-state index contributed by atoms with van der Waals surface area (Å²) in [5.41, 5.74) is 0.923. The maximum Gasteiger partial charge on any atom is 0.121 e. The van der Waals surface area contributed by atoms with Crippen LogP contribution in [-0.4, -0.2) is 13.3 Å². The first-order valence-corrected chi connectivity index (χ1v) is 3.49. The first-order valence-electron chi connectivity index (χ1n) is 3.49. The predicted molar refractivity (Wildman–Crippen MR) is 46.8 cm³/mol.